The average molecular weight is 533 g/mol. The Kier molecular flexibility index (Phi) is 8.14. The molecule has 0 fully saturated rings. The molecular formula is C29H22F2N2O4S. The topological polar surface area (TPSA) is 96.3 Å². The molecule has 0 aliphatic rings. The largest absolute Gasteiger partial charge is 0.493 e. The summed E-state index contributed by atoms with van der Waals surface area (Å²) in [6.07, 6.45) is 3.14. The zero-order valence-electron chi connectivity index (χ0n) is 20.0. The third-order valence-electron chi connectivity index (χ3n) is 5.67. The zero-order chi connectivity index (χ0) is 27.1. The van der Waals surface area contributed by atoms with Crippen LogP contribution in [-0.4, -0.2) is 20.9 Å². The highest BCUT2D eigenvalue weighted by Crippen LogP contribution is 2.24. The van der Waals surface area contributed by atoms with E-state index in [1.54, 1.807) is 22.9 Å². The van der Waals surface area contributed by atoms with Gasteiger partial charge in [-0.25, -0.2) is 21.9 Å². The number of nitrogens with one attached hydrogen (secondary N) is 1. The first kappa shape index (κ1) is 26.5. The molecule has 192 valence electrons. The summed E-state index contributed by atoms with van der Waals surface area (Å²) in [5.41, 5.74) is 2.29. The molecule has 0 heterocycles. The van der Waals surface area contributed by atoms with Gasteiger partial charge in [-0.1, -0.05) is 54.6 Å². The average Bonchev–Trinajstić information content (AvgIpc) is 2.89. The molecular weight excluding hydrogens is 510 g/mol. The Morgan fingerprint density at radius 3 is 2.45 bits per heavy atom. The molecule has 1 N–H and O–H groups in total. The second kappa shape index (κ2) is 11.7. The van der Waals surface area contributed by atoms with Crippen molar-refractivity contribution >= 4 is 32.8 Å². The maximum Gasteiger partial charge on any atom is 0.264 e. The van der Waals surface area contributed by atoms with Gasteiger partial charge >= 0.3 is 0 Å². The monoisotopic (exact) mass is 532 g/mol. The maximum atomic E-state index is 13.4. The van der Waals surface area contributed by atoms with Gasteiger partial charge in [0, 0.05) is 18.1 Å². The van der Waals surface area contributed by atoms with Crippen LogP contribution in [0.5, 0.6) is 5.75 Å². The Labute approximate surface area is 218 Å². The van der Waals surface area contributed by atoms with Gasteiger partial charge in [0.2, 0.25) is 0 Å². The Balaban J connectivity index is 1.47. The summed E-state index contributed by atoms with van der Waals surface area (Å²) in [4.78, 5) is 11.7. The van der Waals surface area contributed by atoms with Crippen molar-refractivity contribution < 1.29 is 26.7 Å². The van der Waals surface area contributed by atoms with Crippen LogP contribution in [-0.2, 0) is 27.7 Å². The van der Waals surface area contributed by atoms with E-state index >= 15 is 0 Å². The number of carbonyl (C=O) groups is 1. The fraction of sp³-hybridized carbons (Fsp3) is 0.103. The van der Waals surface area contributed by atoms with E-state index < -0.39 is 32.5 Å². The second-order valence-electron chi connectivity index (χ2n) is 8.37. The molecule has 6 nitrogen and oxygen atoms in total. The lowest BCUT2D eigenvalue weighted by Crippen LogP contribution is -2.29. The Hall–Kier alpha value is -4.55. The summed E-state index contributed by atoms with van der Waals surface area (Å²) in [5.74, 6) is -3.12. The molecule has 0 saturated heterocycles. The van der Waals surface area contributed by atoms with Crippen LogP contribution in [0.25, 0.3) is 16.8 Å². The first-order valence-corrected chi connectivity index (χ1v) is 13.0. The molecule has 4 aromatic rings. The molecule has 0 aliphatic carbocycles. The van der Waals surface area contributed by atoms with E-state index in [0.717, 1.165) is 34.0 Å². The highest BCUT2D eigenvalue weighted by Gasteiger charge is 2.18. The third-order valence-corrected chi connectivity index (χ3v) is 7.02. The molecule has 0 aliphatic heterocycles. The van der Waals surface area contributed by atoms with Gasteiger partial charge in [0.1, 0.15) is 5.75 Å². The first-order chi connectivity index (χ1) is 18.2. The molecule has 0 radical (unpaired) electrons. The van der Waals surface area contributed by atoms with Crippen LogP contribution in [0.2, 0.25) is 0 Å². The summed E-state index contributed by atoms with van der Waals surface area (Å²) in [6, 6.07) is 23.3. The first-order valence-electron chi connectivity index (χ1n) is 11.6. The lowest BCUT2D eigenvalue weighted by atomic mass is 10.1. The van der Waals surface area contributed by atoms with Crippen molar-refractivity contribution in [1.82, 2.24) is 4.72 Å². The maximum absolute atomic E-state index is 13.4. The van der Waals surface area contributed by atoms with Gasteiger partial charge in [-0.3, -0.25) is 4.79 Å². The van der Waals surface area contributed by atoms with Gasteiger partial charge in [-0.2, -0.15) is 5.26 Å². The number of benzene rings is 4. The quantitative estimate of drug-likeness (QED) is 0.294. The van der Waals surface area contributed by atoms with Gasteiger partial charge in [0.25, 0.3) is 15.9 Å². The van der Waals surface area contributed by atoms with Crippen molar-refractivity contribution in [3.05, 3.63) is 113 Å². The van der Waals surface area contributed by atoms with Crippen molar-refractivity contribution in [2.45, 2.75) is 17.7 Å². The summed E-state index contributed by atoms with van der Waals surface area (Å²) >= 11 is 0. The van der Waals surface area contributed by atoms with E-state index in [2.05, 4.69) is 12.1 Å². The lowest BCUT2D eigenvalue weighted by molar-refractivity contribution is -0.114. The lowest BCUT2D eigenvalue weighted by Gasteiger charge is -2.11. The molecule has 38 heavy (non-hydrogen) atoms. The summed E-state index contributed by atoms with van der Waals surface area (Å²) in [7, 11) is -4.41. The Bertz CT molecular complexity index is 1680. The van der Waals surface area contributed by atoms with Gasteiger partial charge in [-0.15, -0.1) is 0 Å². The van der Waals surface area contributed by atoms with Crippen LogP contribution in [0.3, 0.4) is 0 Å². The van der Waals surface area contributed by atoms with Crippen LogP contribution in [0.1, 0.15) is 16.7 Å². The van der Waals surface area contributed by atoms with Crippen molar-refractivity contribution in [3.8, 4) is 11.8 Å². The molecule has 0 bridgehead atoms. The van der Waals surface area contributed by atoms with Gasteiger partial charge in [-0.05, 0) is 52.2 Å². The standard InChI is InChI=1S/C29H22F2N2O4S/c30-26-11-10-25(19-27(26)31)38(35,36)33-29(34)12-9-23-8-6-20(13-15-32)18-28(23)37-16-14-21-5-7-22-3-1-2-4-24(22)17-21/h1-12,17-19H,13-14,16H2,(H,33,34)/b12-9+. The highest BCUT2D eigenvalue weighted by molar-refractivity contribution is 7.90. The molecule has 0 spiro atoms. The summed E-state index contributed by atoms with van der Waals surface area (Å²) < 4.78 is 59.0. The number of fused-ring (bicyclic) bond motifs is 1. The fourth-order valence-corrected chi connectivity index (χ4v) is 4.71. The van der Waals surface area contributed by atoms with Gasteiger partial charge in [0.05, 0.1) is 24.0 Å². The van der Waals surface area contributed by atoms with Crippen LogP contribution in [0, 0.1) is 23.0 Å². The minimum Gasteiger partial charge on any atom is -0.493 e. The zero-order valence-corrected chi connectivity index (χ0v) is 20.8. The smallest absolute Gasteiger partial charge is 0.264 e. The van der Waals surface area contributed by atoms with Crippen molar-refractivity contribution in [3.63, 3.8) is 0 Å². The third kappa shape index (κ3) is 6.60. The SMILES string of the molecule is N#CCc1ccc(/C=C/C(=O)NS(=O)(=O)c2ccc(F)c(F)c2)c(OCCc2ccc3ccccc3c2)c1. The number of nitrogens with zero attached hydrogens (tertiary/aromatic N) is 1. The number of amides is 1. The van der Waals surface area contributed by atoms with Crippen LogP contribution < -0.4 is 9.46 Å². The molecule has 1 amide bonds. The molecule has 4 aromatic carbocycles. The minimum atomic E-state index is -4.41. The molecule has 0 atom stereocenters. The number of hydrogen-bond acceptors (Lipinski definition) is 5. The predicted octanol–water partition coefficient (Wildman–Crippen LogP) is 5.32. The van der Waals surface area contributed by atoms with Crippen molar-refractivity contribution in [1.29, 1.82) is 5.26 Å². The number of rotatable bonds is 9. The number of ether oxygens (including phenoxy) is 1. The van der Waals surface area contributed by atoms with E-state index in [0.29, 0.717) is 36.5 Å². The van der Waals surface area contributed by atoms with Gasteiger partial charge in [0.15, 0.2) is 11.6 Å². The number of hydrogen-bond donors (Lipinski definition) is 1. The number of nitriles is 1. The Morgan fingerprint density at radius 1 is 0.921 bits per heavy atom. The normalized spacial score (nSPS) is 11.4. The number of halogens is 2. The van der Waals surface area contributed by atoms with E-state index in [9.17, 15) is 22.0 Å². The molecule has 0 unspecified atom stereocenters. The van der Waals surface area contributed by atoms with Gasteiger partial charge < -0.3 is 4.74 Å². The Morgan fingerprint density at radius 2 is 1.68 bits per heavy atom. The summed E-state index contributed by atoms with van der Waals surface area (Å²) in [5, 5.41) is 11.3. The van der Waals surface area contributed by atoms with Crippen molar-refractivity contribution in [2.24, 2.45) is 0 Å². The minimum absolute atomic E-state index is 0.165. The predicted molar refractivity (Wildman–Crippen MR) is 140 cm³/mol. The number of carbonyl (C=O) groups excluding carboxylic acids is 1. The highest BCUT2D eigenvalue weighted by atomic mass is 32.2. The van der Waals surface area contributed by atoms with Crippen LogP contribution in [0.15, 0.2) is 89.8 Å². The van der Waals surface area contributed by atoms with E-state index in [4.69, 9.17) is 10.00 Å². The van der Waals surface area contributed by atoms with Crippen molar-refractivity contribution in [2.75, 3.05) is 6.61 Å². The second-order valence-corrected chi connectivity index (χ2v) is 10.0. The fourth-order valence-electron chi connectivity index (χ4n) is 3.75. The molecule has 0 aromatic heterocycles. The van der Waals surface area contributed by atoms with E-state index in [1.165, 1.54) is 6.08 Å². The van der Waals surface area contributed by atoms with Crippen LogP contribution >= 0.6 is 0 Å². The van der Waals surface area contributed by atoms with E-state index in [-0.39, 0.29) is 6.42 Å². The molecule has 9 heteroatoms. The molecule has 0 saturated carbocycles. The van der Waals surface area contributed by atoms with Crippen LogP contribution in [0.4, 0.5) is 8.78 Å². The number of sulfonamides is 1. The van der Waals surface area contributed by atoms with E-state index in [1.807, 2.05) is 36.4 Å². The summed E-state index contributed by atoms with van der Waals surface area (Å²) in [6.45, 7) is 0.325. The molecule has 4 rings (SSSR count).